The molecule has 1 aromatic carbocycles. The minimum atomic E-state index is -0.711. The molecule has 4 bridgehead atoms. The molecule has 4 fully saturated rings. The number of carbonyl (C=O) groups excluding carboxylic acids is 3. The summed E-state index contributed by atoms with van der Waals surface area (Å²) < 4.78 is 25.6. The lowest BCUT2D eigenvalue weighted by molar-refractivity contribution is -0.175. The predicted octanol–water partition coefficient (Wildman–Crippen LogP) is 3.45. The van der Waals surface area contributed by atoms with Crippen molar-refractivity contribution in [3.8, 4) is 5.75 Å². The number of ether oxygens (including phenoxy) is 2. The molecule has 0 aromatic heterocycles. The van der Waals surface area contributed by atoms with Gasteiger partial charge >= 0.3 is 12.0 Å². The minimum Gasteiger partial charge on any atom is -0.497 e. The topological polar surface area (TPSA) is 93.7 Å². The molecule has 0 radical (unpaired) electrons. The Kier molecular flexibility index (Phi) is 5.90. The van der Waals surface area contributed by atoms with Gasteiger partial charge in [-0.2, -0.15) is 0 Å². The van der Waals surface area contributed by atoms with E-state index in [0.717, 1.165) is 19.3 Å². The predicted molar refractivity (Wildman–Crippen MR) is 115 cm³/mol. The number of halogens is 1. The molecular weight excluding hydrogens is 415 g/mol. The molecule has 3 amide bonds. The van der Waals surface area contributed by atoms with Gasteiger partial charge in [0.15, 0.2) is 6.61 Å². The minimum absolute atomic E-state index is 0.119. The van der Waals surface area contributed by atoms with E-state index in [1.54, 1.807) is 26.0 Å². The maximum atomic E-state index is 15.1. The van der Waals surface area contributed by atoms with Crippen molar-refractivity contribution in [1.82, 2.24) is 10.6 Å². The summed E-state index contributed by atoms with van der Waals surface area (Å²) in [4.78, 5) is 36.9. The van der Waals surface area contributed by atoms with Crippen LogP contribution in [0.2, 0.25) is 0 Å². The van der Waals surface area contributed by atoms with Crippen LogP contribution in [0, 0.1) is 23.1 Å². The molecule has 0 unspecified atom stereocenters. The van der Waals surface area contributed by atoms with Gasteiger partial charge in [-0.1, -0.05) is 6.07 Å². The number of hydrogen-bond donors (Lipinski definition) is 2. The van der Waals surface area contributed by atoms with Gasteiger partial charge in [0.2, 0.25) is 0 Å². The summed E-state index contributed by atoms with van der Waals surface area (Å²) in [6.07, 6.45) is 4.69. The summed E-state index contributed by atoms with van der Waals surface area (Å²) >= 11 is 0. The van der Waals surface area contributed by atoms with Crippen molar-refractivity contribution in [1.29, 1.82) is 0 Å². The third-order valence-electron chi connectivity index (χ3n) is 7.25. The zero-order valence-electron chi connectivity index (χ0n) is 18.8. The van der Waals surface area contributed by atoms with Gasteiger partial charge in [0.1, 0.15) is 11.6 Å². The molecule has 5 rings (SSSR count). The molecule has 4 aliphatic rings. The number of amides is 3. The van der Waals surface area contributed by atoms with Gasteiger partial charge in [-0.25, -0.2) is 9.18 Å². The highest BCUT2D eigenvalue weighted by atomic mass is 19.1. The number of urea groups is 1. The third kappa shape index (κ3) is 4.19. The summed E-state index contributed by atoms with van der Waals surface area (Å²) in [5.41, 5.74) is -0.469. The normalized spacial score (nSPS) is 30.2. The Hall–Kier alpha value is -2.64. The summed E-state index contributed by atoms with van der Waals surface area (Å²) in [6, 6.07) is 4.23. The quantitative estimate of drug-likeness (QED) is 0.653. The molecule has 1 aromatic rings. The monoisotopic (exact) mass is 446 g/mol. The van der Waals surface area contributed by atoms with Crippen molar-refractivity contribution in [2.75, 3.05) is 13.7 Å². The van der Waals surface area contributed by atoms with Crippen molar-refractivity contribution in [3.63, 3.8) is 0 Å². The van der Waals surface area contributed by atoms with Gasteiger partial charge in [0, 0.05) is 12.1 Å². The average molecular weight is 447 g/mol. The zero-order valence-corrected chi connectivity index (χ0v) is 18.8. The maximum Gasteiger partial charge on any atom is 0.321 e. The molecular formula is C24H31FN2O5. The Bertz CT molecular complexity index is 917. The number of nitrogens with one attached hydrogen (secondary N) is 2. The SMILES string of the molecule is COc1ccc(C23C[C@H]4C[C@@H](CC(C(=O)OCC(=O)NC(=O)NC(C)C)(C4)C2)C3)c(F)c1. The van der Waals surface area contributed by atoms with E-state index in [4.69, 9.17) is 9.47 Å². The van der Waals surface area contributed by atoms with Crippen LogP contribution in [0.4, 0.5) is 9.18 Å². The van der Waals surface area contributed by atoms with Crippen LogP contribution in [0.15, 0.2) is 18.2 Å². The van der Waals surface area contributed by atoms with Crippen molar-refractivity contribution in [3.05, 3.63) is 29.6 Å². The van der Waals surface area contributed by atoms with E-state index in [2.05, 4.69) is 10.6 Å². The second-order valence-electron chi connectivity index (χ2n) is 10.1. The average Bonchev–Trinajstić information content (AvgIpc) is 2.70. The Morgan fingerprint density at radius 2 is 1.84 bits per heavy atom. The Morgan fingerprint density at radius 3 is 2.44 bits per heavy atom. The smallest absolute Gasteiger partial charge is 0.321 e. The lowest BCUT2D eigenvalue weighted by Crippen LogP contribution is -2.57. The number of benzene rings is 1. The number of rotatable bonds is 6. The molecule has 2 atom stereocenters. The second-order valence-corrected chi connectivity index (χ2v) is 10.1. The number of hydrogen-bond acceptors (Lipinski definition) is 5. The Labute approximate surface area is 187 Å². The third-order valence-corrected chi connectivity index (χ3v) is 7.25. The first-order chi connectivity index (χ1) is 15.1. The molecule has 7 nitrogen and oxygen atoms in total. The van der Waals surface area contributed by atoms with Crippen molar-refractivity contribution in [2.45, 2.75) is 63.8 Å². The van der Waals surface area contributed by atoms with Crippen molar-refractivity contribution >= 4 is 17.9 Å². The molecule has 2 N–H and O–H groups in total. The highest BCUT2D eigenvalue weighted by Crippen LogP contribution is 2.66. The molecule has 32 heavy (non-hydrogen) atoms. The van der Waals surface area contributed by atoms with Gasteiger partial charge in [0.05, 0.1) is 12.5 Å². The van der Waals surface area contributed by atoms with E-state index in [1.165, 1.54) is 13.2 Å². The molecule has 4 saturated carbocycles. The molecule has 0 saturated heterocycles. The fourth-order valence-corrected chi connectivity index (χ4v) is 6.61. The first kappa shape index (κ1) is 22.6. The summed E-state index contributed by atoms with van der Waals surface area (Å²) in [6.45, 7) is 3.04. The van der Waals surface area contributed by atoms with Crippen LogP contribution in [0.3, 0.4) is 0 Å². The van der Waals surface area contributed by atoms with E-state index in [-0.39, 0.29) is 11.9 Å². The molecule has 0 spiro atoms. The second kappa shape index (κ2) is 8.37. The van der Waals surface area contributed by atoms with Crippen molar-refractivity contribution in [2.24, 2.45) is 17.3 Å². The molecule has 8 heteroatoms. The largest absolute Gasteiger partial charge is 0.497 e. The summed E-state index contributed by atoms with van der Waals surface area (Å²) in [5, 5.41) is 4.71. The lowest BCUT2D eigenvalue weighted by atomic mass is 9.43. The van der Waals surface area contributed by atoms with Crippen LogP contribution >= 0.6 is 0 Å². The van der Waals surface area contributed by atoms with Crippen LogP contribution in [-0.2, 0) is 19.7 Å². The maximum absolute atomic E-state index is 15.1. The van der Waals surface area contributed by atoms with E-state index in [9.17, 15) is 14.4 Å². The van der Waals surface area contributed by atoms with E-state index >= 15 is 4.39 Å². The molecule has 0 heterocycles. The van der Waals surface area contributed by atoms with Crippen molar-refractivity contribution < 1.29 is 28.2 Å². The van der Waals surface area contributed by atoms with Crippen LogP contribution in [0.1, 0.15) is 57.9 Å². The lowest BCUT2D eigenvalue weighted by Gasteiger charge is -2.61. The number of imide groups is 1. The van der Waals surface area contributed by atoms with Gasteiger partial charge in [-0.05, 0) is 81.3 Å². The number of esters is 1. The van der Waals surface area contributed by atoms with Crippen LogP contribution < -0.4 is 15.4 Å². The Morgan fingerprint density at radius 1 is 1.16 bits per heavy atom. The van der Waals surface area contributed by atoms with E-state index in [0.29, 0.717) is 42.4 Å². The first-order valence-corrected chi connectivity index (χ1v) is 11.3. The summed E-state index contributed by atoms with van der Waals surface area (Å²) in [5.74, 6) is -0.253. The standard InChI is InChI=1S/C24H31FN2O5/c1-14(2)26-22(30)27-20(28)12-32-21(29)24-10-15-6-16(11-24)9-23(8-15,13-24)18-5-4-17(31-3)7-19(18)25/h4-5,7,14-16H,6,8-13H2,1-3H3,(H2,26,27,28,30)/t15-,16-,23?,24?/m1/s1. The van der Waals surface area contributed by atoms with Crippen LogP contribution in [-0.4, -0.2) is 37.7 Å². The highest BCUT2D eigenvalue weighted by molar-refractivity contribution is 5.95. The molecule has 4 aliphatic carbocycles. The Balaban J connectivity index is 1.48. The first-order valence-electron chi connectivity index (χ1n) is 11.3. The highest BCUT2D eigenvalue weighted by Gasteiger charge is 2.62. The van der Waals surface area contributed by atoms with Gasteiger partial charge in [0.25, 0.3) is 5.91 Å². The molecule has 0 aliphatic heterocycles. The zero-order chi connectivity index (χ0) is 23.1. The van der Waals surface area contributed by atoms with Gasteiger partial charge in [-0.3, -0.25) is 14.9 Å². The fraction of sp³-hybridized carbons (Fsp3) is 0.625. The van der Waals surface area contributed by atoms with Gasteiger partial charge in [-0.15, -0.1) is 0 Å². The van der Waals surface area contributed by atoms with E-state index < -0.39 is 35.3 Å². The summed E-state index contributed by atoms with van der Waals surface area (Å²) in [7, 11) is 1.51. The molecule has 174 valence electrons. The van der Waals surface area contributed by atoms with Crippen LogP contribution in [0.5, 0.6) is 5.75 Å². The van der Waals surface area contributed by atoms with Crippen LogP contribution in [0.25, 0.3) is 0 Å². The van der Waals surface area contributed by atoms with Gasteiger partial charge < -0.3 is 14.8 Å². The number of methoxy groups -OCH3 is 1. The number of carbonyl (C=O) groups is 3. The van der Waals surface area contributed by atoms with E-state index in [1.807, 2.05) is 0 Å². The fourth-order valence-electron chi connectivity index (χ4n) is 6.61.